The molecule has 0 aromatic heterocycles. The van der Waals surface area contributed by atoms with Crippen LogP contribution in [0.4, 0.5) is 5.69 Å². The molecule has 1 atom stereocenters. The predicted octanol–water partition coefficient (Wildman–Crippen LogP) is 2.94. The van der Waals surface area contributed by atoms with Crippen LogP contribution in [0.2, 0.25) is 0 Å². The first-order valence-corrected chi connectivity index (χ1v) is 6.76. The summed E-state index contributed by atoms with van der Waals surface area (Å²) in [5.74, 6) is -0.342. The van der Waals surface area contributed by atoms with Crippen molar-refractivity contribution in [2.75, 3.05) is 5.32 Å². The van der Waals surface area contributed by atoms with Crippen LogP contribution in [-0.4, -0.2) is 16.1 Å². The Kier molecular flexibility index (Phi) is 4.29. The van der Waals surface area contributed by atoms with Crippen molar-refractivity contribution in [3.05, 3.63) is 59.7 Å². The molecule has 0 spiro atoms. The number of hydrogen-bond donors (Lipinski definition) is 3. The van der Waals surface area contributed by atoms with Gasteiger partial charge in [0, 0.05) is 0 Å². The molecule has 2 aromatic rings. The predicted molar refractivity (Wildman–Crippen MR) is 82.1 cm³/mol. The fourth-order valence-corrected chi connectivity index (χ4v) is 2.15. The van der Waals surface area contributed by atoms with Gasteiger partial charge in [-0.3, -0.25) is 4.79 Å². The number of phenols is 1. The number of phenolic OH excluding ortho intramolecular Hbond substituents is 1. The van der Waals surface area contributed by atoms with Crippen LogP contribution >= 0.6 is 0 Å². The normalized spacial score (nSPS) is 13.5. The third kappa shape index (κ3) is 3.83. The Morgan fingerprint density at radius 1 is 1.19 bits per heavy atom. The summed E-state index contributed by atoms with van der Waals surface area (Å²) in [5, 5.41) is 22.8. The summed E-state index contributed by atoms with van der Waals surface area (Å²) in [7, 11) is 0. The minimum atomic E-state index is -1.26. The Morgan fingerprint density at radius 2 is 1.86 bits per heavy atom. The lowest BCUT2D eigenvalue weighted by atomic mass is 9.92. The van der Waals surface area contributed by atoms with E-state index in [9.17, 15) is 15.0 Å². The Hall–Kier alpha value is -2.33. The van der Waals surface area contributed by atoms with Gasteiger partial charge in [0.2, 0.25) is 5.91 Å². The van der Waals surface area contributed by atoms with E-state index >= 15 is 0 Å². The van der Waals surface area contributed by atoms with Gasteiger partial charge >= 0.3 is 0 Å². The summed E-state index contributed by atoms with van der Waals surface area (Å²) >= 11 is 0. The van der Waals surface area contributed by atoms with Gasteiger partial charge in [-0.05, 0) is 37.1 Å². The molecule has 0 saturated heterocycles. The van der Waals surface area contributed by atoms with E-state index in [-0.39, 0.29) is 18.1 Å². The number of aryl methyl sites for hydroxylation is 1. The number of amides is 1. The van der Waals surface area contributed by atoms with Crippen molar-refractivity contribution in [3.8, 4) is 5.75 Å². The first kappa shape index (κ1) is 15.1. The molecule has 3 N–H and O–H groups in total. The zero-order valence-electron chi connectivity index (χ0n) is 12.1. The van der Waals surface area contributed by atoms with Crippen molar-refractivity contribution < 1.29 is 15.0 Å². The van der Waals surface area contributed by atoms with Gasteiger partial charge in [0.1, 0.15) is 5.75 Å². The molecule has 0 heterocycles. The average Bonchev–Trinajstić information content (AvgIpc) is 2.42. The zero-order chi connectivity index (χ0) is 15.5. The Balaban J connectivity index is 2.08. The minimum Gasteiger partial charge on any atom is -0.506 e. The lowest BCUT2D eigenvalue weighted by molar-refractivity contribution is -0.120. The highest BCUT2D eigenvalue weighted by atomic mass is 16.3. The fourth-order valence-electron chi connectivity index (χ4n) is 2.15. The third-order valence-corrected chi connectivity index (χ3v) is 3.33. The lowest BCUT2D eigenvalue weighted by Crippen LogP contribution is -2.28. The molecule has 4 nitrogen and oxygen atoms in total. The van der Waals surface area contributed by atoms with E-state index in [0.717, 1.165) is 5.56 Å². The molecular formula is C17H19NO3. The molecule has 0 aliphatic heterocycles. The molecule has 0 fully saturated rings. The van der Waals surface area contributed by atoms with Gasteiger partial charge in [0.15, 0.2) is 0 Å². The van der Waals surface area contributed by atoms with Crippen molar-refractivity contribution in [1.29, 1.82) is 0 Å². The highest BCUT2D eigenvalue weighted by Crippen LogP contribution is 2.27. The molecule has 21 heavy (non-hydrogen) atoms. The van der Waals surface area contributed by atoms with Gasteiger partial charge in [0.25, 0.3) is 0 Å². The van der Waals surface area contributed by atoms with Crippen LogP contribution in [-0.2, 0) is 10.4 Å². The average molecular weight is 285 g/mol. The maximum absolute atomic E-state index is 12.1. The van der Waals surface area contributed by atoms with Crippen LogP contribution in [0.3, 0.4) is 0 Å². The molecule has 0 aliphatic rings. The third-order valence-electron chi connectivity index (χ3n) is 3.33. The van der Waals surface area contributed by atoms with Crippen LogP contribution in [0.5, 0.6) is 5.75 Å². The molecule has 0 radical (unpaired) electrons. The molecule has 2 rings (SSSR count). The molecule has 1 amide bonds. The number of anilines is 1. The second-order valence-electron chi connectivity index (χ2n) is 5.39. The minimum absolute atomic E-state index is 0.0164. The maximum atomic E-state index is 12.1. The monoisotopic (exact) mass is 285 g/mol. The number of carbonyl (C=O) groups is 1. The van der Waals surface area contributed by atoms with Gasteiger partial charge in [-0.2, -0.15) is 0 Å². The molecule has 4 heteroatoms. The fraction of sp³-hybridized carbons (Fsp3) is 0.235. The van der Waals surface area contributed by atoms with Crippen LogP contribution in [0.25, 0.3) is 0 Å². The topological polar surface area (TPSA) is 69.6 Å². The van der Waals surface area contributed by atoms with Crippen LogP contribution in [0.15, 0.2) is 48.5 Å². The Bertz CT molecular complexity index is 636. The van der Waals surface area contributed by atoms with E-state index in [1.807, 2.05) is 25.1 Å². The number of rotatable bonds is 4. The molecule has 0 saturated carbocycles. The van der Waals surface area contributed by atoms with Gasteiger partial charge in [-0.25, -0.2) is 0 Å². The van der Waals surface area contributed by atoms with Gasteiger partial charge in [0.05, 0.1) is 17.7 Å². The van der Waals surface area contributed by atoms with Crippen LogP contribution in [0, 0.1) is 6.92 Å². The van der Waals surface area contributed by atoms with E-state index in [2.05, 4.69) is 5.32 Å². The molecule has 1 unspecified atom stereocenters. The largest absolute Gasteiger partial charge is 0.506 e. The van der Waals surface area contributed by atoms with E-state index in [1.165, 1.54) is 0 Å². The smallest absolute Gasteiger partial charge is 0.227 e. The van der Waals surface area contributed by atoms with Crippen molar-refractivity contribution in [3.63, 3.8) is 0 Å². The number of aliphatic hydroxyl groups is 1. The van der Waals surface area contributed by atoms with Gasteiger partial charge < -0.3 is 15.5 Å². The first-order valence-electron chi connectivity index (χ1n) is 6.76. The summed E-state index contributed by atoms with van der Waals surface area (Å²) in [5.41, 5.74) is 0.663. The van der Waals surface area contributed by atoms with E-state index in [0.29, 0.717) is 11.3 Å². The standard InChI is InChI=1S/C17H19NO3/c1-12-8-9-14(15(19)10-12)18-16(20)11-17(2,21)13-6-4-3-5-7-13/h3-10,19,21H,11H2,1-2H3,(H,18,20). The lowest BCUT2D eigenvalue weighted by Gasteiger charge is -2.23. The summed E-state index contributed by atoms with van der Waals surface area (Å²) in [6.07, 6.45) is -0.0929. The maximum Gasteiger partial charge on any atom is 0.227 e. The van der Waals surface area contributed by atoms with E-state index in [1.54, 1.807) is 37.3 Å². The summed E-state index contributed by atoms with van der Waals surface area (Å²) in [6.45, 7) is 3.45. The zero-order valence-corrected chi connectivity index (χ0v) is 12.1. The molecule has 110 valence electrons. The first-order chi connectivity index (χ1) is 9.88. The summed E-state index contributed by atoms with van der Waals surface area (Å²) < 4.78 is 0. The summed E-state index contributed by atoms with van der Waals surface area (Å²) in [6, 6.07) is 14.0. The highest BCUT2D eigenvalue weighted by molar-refractivity contribution is 5.92. The number of aromatic hydroxyl groups is 1. The quantitative estimate of drug-likeness (QED) is 0.756. The van der Waals surface area contributed by atoms with Crippen molar-refractivity contribution in [2.45, 2.75) is 25.9 Å². The van der Waals surface area contributed by atoms with E-state index < -0.39 is 5.60 Å². The molecular weight excluding hydrogens is 266 g/mol. The SMILES string of the molecule is Cc1ccc(NC(=O)CC(C)(O)c2ccccc2)c(O)c1. The number of nitrogens with one attached hydrogen (secondary N) is 1. The van der Waals surface area contributed by atoms with Gasteiger partial charge in [-0.1, -0.05) is 36.4 Å². The highest BCUT2D eigenvalue weighted by Gasteiger charge is 2.26. The second-order valence-corrected chi connectivity index (χ2v) is 5.39. The summed E-state index contributed by atoms with van der Waals surface area (Å²) in [4.78, 5) is 12.1. The molecule has 0 aliphatic carbocycles. The number of hydrogen-bond acceptors (Lipinski definition) is 3. The van der Waals surface area contributed by atoms with Crippen molar-refractivity contribution >= 4 is 11.6 Å². The van der Waals surface area contributed by atoms with Crippen molar-refractivity contribution in [1.82, 2.24) is 0 Å². The molecule has 0 bridgehead atoms. The number of benzene rings is 2. The second kappa shape index (κ2) is 5.97. The van der Waals surface area contributed by atoms with Crippen molar-refractivity contribution in [2.24, 2.45) is 0 Å². The van der Waals surface area contributed by atoms with Crippen LogP contribution < -0.4 is 5.32 Å². The number of carbonyl (C=O) groups excluding carboxylic acids is 1. The van der Waals surface area contributed by atoms with Crippen LogP contribution in [0.1, 0.15) is 24.5 Å². The van der Waals surface area contributed by atoms with Gasteiger partial charge in [-0.15, -0.1) is 0 Å². The Morgan fingerprint density at radius 3 is 2.48 bits per heavy atom. The van der Waals surface area contributed by atoms with E-state index in [4.69, 9.17) is 0 Å². The Labute approximate surface area is 124 Å². The molecule has 2 aromatic carbocycles.